The number of rotatable bonds is 11. The molecule has 12 heteroatoms. The summed E-state index contributed by atoms with van der Waals surface area (Å²) >= 11 is 0. The highest BCUT2D eigenvalue weighted by molar-refractivity contribution is 6.01. The zero-order valence-electron chi connectivity index (χ0n) is 25.5. The van der Waals surface area contributed by atoms with Gasteiger partial charge in [0.1, 0.15) is 11.4 Å². The van der Waals surface area contributed by atoms with E-state index in [1.54, 1.807) is 51.1 Å². The molecule has 1 aromatic heterocycles. The van der Waals surface area contributed by atoms with Crippen LogP contribution in [0, 0.1) is 6.92 Å². The molecule has 0 radical (unpaired) electrons. The van der Waals surface area contributed by atoms with Crippen LogP contribution in [0.4, 0.5) is 14.6 Å². The maximum Gasteiger partial charge on any atom is 0.586 e. The molecule has 1 aliphatic heterocycles. The Kier molecular flexibility index (Phi) is 8.79. The average molecular weight is 624 g/mol. The minimum atomic E-state index is -3.74. The normalized spacial score (nSPS) is 15.7. The number of anilines is 1. The lowest BCUT2D eigenvalue weighted by Gasteiger charge is -2.19. The maximum atomic E-state index is 13.5. The van der Waals surface area contributed by atoms with Crippen molar-refractivity contribution in [1.29, 1.82) is 0 Å². The van der Waals surface area contributed by atoms with E-state index in [0.29, 0.717) is 41.0 Å². The van der Waals surface area contributed by atoms with E-state index in [4.69, 9.17) is 9.47 Å². The van der Waals surface area contributed by atoms with Crippen molar-refractivity contribution < 1.29 is 42.1 Å². The number of halogens is 2. The van der Waals surface area contributed by atoms with Crippen LogP contribution < -0.4 is 20.1 Å². The molecule has 0 saturated heterocycles. The first-order chi connectivity index (χ1) is 21.2. The summed E-state index contributed by atoms with van der Waals surface area (Å²) < 4.78 is 46.7. The minimum Gasteiger partial charge on any atom is -0.460 e. The fourth-order valence-electron chi connectivity index (χ4n) is 4.94. The zero-order chi connectivity index (χ0) is 32.4. The predicted octanol–water partition coefficient (Wildman–Crippen LogP) is 5.53. The van der Waals surface area contributed by atoms with Crippen molar-refractivity contribution in [2.75, 3.05) is 25.1 Å². The molecule has 3 aromatic rings. The van der Waals surface area contributed by atoms with Crippen LogP contribution >= 0.6 is 0 Å². The first kappa shape index (κ1) is 31.8. The van der Waals surface area contributed by atoms with Gasteiger partial charge in [-0.1, -0.05) is 24.3 Å². The summed E-state index contributed by atoms with van der Waals surface area (Å²) in [5.41, 5.74) is 1.64. The lowest BCUT2D eigenvalue weighted by molar-refractivity contribution is -0.286. The van der Waals surface area contributed by atoms with Gasteiger partial charge in [0, 0.05) is 17.7 Å². The largest absolute Gasteiger partial charge is 0.586 e. The fraction of sp³-hybridized carbons (Fsp3) is 0.394. The summed E-state index contributed by atoms with van der Waals surface area (Å²) in [6.45, 7) is 7.94. The number of nitrogens with one attached hydrogen (secondary N) is 2. The number of hydrogen-bond donors (Lipinski definition) is 2. The topological polar surface area (TPSA) is 125 Å². The minimum absolute atomic E-state index is 0.0793. The second kappa shape index (κ2) is 12.4. The molecule has 2 aromatic carbocycles. The molecule has 0 unspecified atom stereocenters. The summed E-state index contributed by atoms with van der Waals surface area (Å²) in [6.07, 6.45) is -2.53. The lowest BCUT2D eigenvalue weighted by atomic mass is 9.94. The number of alkyl halides is 2. The van der Waals surface area contributed by atoms with Gasteiger partial charge < -0.3 is 29.6 Å². The Morgan fingerprint density at radius 3 is 2.47 bits per heavy atom. The van der Waals surface area contributed by atoms with Crippen LogP contribution in [0.5, 0.6) is 11.5 Å². The van der Waals surface area contributed by atoms with E-state index in [1.807, 2.05) is 19.1 Å². The second-order valence-electron chi connectivity index (χ2n) is 12.0. The monoisotopic (exact) mass is 623 g/mol. The summed E-state index contributed by atoms with van der Waals surface area (Å²) in [5, 5.41) is 5.67. The quantitative estimate of drug-likeness (QED) is 0.211. The SMILES string of the molecule is Cc1ccc(NC(=O)C2(c3ccc4c(c3)OC(F)(F)O4)CC2)nc1-c1cccc(C(=O)NCCOCCC(=O)OC(C)(C)C)c1. The summed E-state index contributed by atoms with van der Waals surface area (Å²) in [4.78, 5) is 42.6. The Labute approximate surface area is 259 Å². The van der Waals surface area contributed by atoms with Crippen LogP contribution in [0.2, 0.25) is 0 Å². The van der Waals surface area contributed by atoms with Gasteiger partial charge in [0.05, 0.1) is 30.7 Å². The number of fused-ring (bicyclic) bond motifs is 1. The van der Waals surface area contributed by atoms with Gasteiger partial charge in [-0.05, 0) is 82.0 Å². The smallest absolute Gasteiger partial charge is 0.460 e. The molecule has 1 aliphatic carbocycles. The molecule has 0 bridgehead atoms. The number of amides is 2. The highest BCUT2D eigenvalue weighted by atomic mass is 19.3. The number of carbonyl (C=O) groups excluding carboxylic acids is 3. The van der Waals surface area contributed by atoms with Crippen LogP contribution in [0.3, 0.4) is 0 Å². The molecular formula is C33H35F2N3O7. The standard InChI is InChI=1S/C33H35F2N3O7/c1-20-8-11-26(38-30(41)32(13-14-32)23-9-10-24-25(19-23)44-33(34,35)43-24)37-28(20)21-6-5-7-22(18-21)29(40)36-15-17-42-16-12-27(39)45-31(2,3)4/h5-11,18-19H,12-17H2,1-4H3,(H,36,40)(H,37,38,41). The molecule has 1 fully saturated rings. The molecule has 2 amide bonds. The third kappa shape index (κ3) is 7.75. The number of esters is 1. The maximum absolute atomic E-state index is 13.5. The van der Waals surface area contributed by atoms with Gasteiger partial charge in [0.2, 0.25) is 5.91 Å². The van der Waals surface area contributed by atoms with E-state index in [-0.39, 0.29) is 55.5 Å². The first-order valence-corrected chi connectivity index (χ1v) is 14.6. The summed E-state index contributed by atoms with van der Waals surface area (Å²) in [7, 11) is 0. The molecule has 2 aliphatic rings. The Morgan fingerprint density at radius 1 is 0.978 bits per heavy atom. The number of pyridine rings is 1. The molecule has 5 rings (SSSR count). The predicted molar refractivity (Wildman–Crippen MR) is 160 cm³/mol. The van der Waals surface area contributed by atoms with E-state index >= 15 is 0 Å². The number of aromatic nitrogens is 1. The average Bonchev–Trinajstić information content (AvgIpc) is 3.72. The molecule has 2 N–H and O–H groups in total. The van der Waals surface area contributed by atoms with E-state index in [2.05, 4.69) is 25.1 Å². The Hall–Kier alpha value is -4.58. The van der Waals surface area contributed by atoms with Gasteiger partial charge >= 0.3 is 12.3 Å². The van der Waals surface area contributed by atoms with Crippen molar-refractivity contribution >= 4 is 23.6 Å². The molecule has 10 nitrogen and oxygen atoms in total. The van der Waals surface area contributed by atoms with Crippen molar-refractivity contribution in [3.05, 3.63) is 71.3 Å². The number of benzene rings is 2. The highest BCUT2D eigenvalue weighted by Crippen LogP contribution is 2.52. The van der Waals surface area contributed by atoms with Crippen LogP contribution in [0.15, 0.2) is 54.6 Å². The molecule has 45 heavy (non-hydrogen) atoms. The summed E-state index contributed by atoms with van der Waals surface area (Å²) in [6, 6.07) is 14.9. The third-order valence-corrected chi connectivity index (χ3v) is 7.28. The van der Waals surface area contributed by atoms with Crippen molar-refractivity contribution in [3.8, 4) is 22.8 Å². The van der Waals surface area contributed by atoms with Gasteiger partial charge in [-0.25, -0.2) is 4.98 Å². The molecule has 238 valence electrons. The van der Waals surface area contributed by atoms with Gasteiger partial charge in [0.15, 0.2) is 11.5 Å². The first-order valence-electron chi connectivity index (χ1n) is 14.6. The number of carbonyl (C=O) groups is 3. The van der Waals surface area contributed by atoms with Crippen molar-refractivity contribution in [2.24, 2.45) is 0 Å². The van der Waals surface area contributed by atoms with E-state index in [1.165, 1.54) is 12.1 Å². The molecule has 1 saturated carbocycles. The second-order valence-corrected chi connectivity index (χ2v) is 12.0. The van der Waals surface area contributed by atoms with E-state index < -0.39 is 17.3 Å². The number of hydrogen-bond acceptors (Lipinski definition) is 8. The third-order valence-electron chi connectivity index (χ3n) is 7.28. The molecule has 0 spiro atoms. The number of ether oxygens (including phenoxy) is 4. The number of nitrogens with zero attached hydrogens (tertiary/aromatic N) is 1. The van der Waals surface area contributed by atoms with Crippen molar-refractivity contribution in [2.45, 2.75) is 64.3 Å². The molecule has 2 heterocycles. The fourth-order valence-corrected chi connectivity index (χ4v) is 4.94. The van der Waals surface area contributed by atoms with Crippen LogP contribution in [0.25, 0.3) is 11.3 Å². The molecular weight excluding hydrogens is 588 g/mol. The van der Waals surface area contributed by atoms with Crippen LogP contribution in [-0.2, 0) is 24.5 Å². The van der Waals surface area contributed by atoms with Crippen molar-refractivity contribution in [1.82, 2.24) is 10.3 Å². The Balaban J connectivity index is 1.18. The lowest BCUT2D eigenvalue weighted by Crippen LogP contribution is -2.28. The Bertz CT molecular complexity index is 1620. The summed E-state index contributed by atoms with van der Waals surface area (Å²) in [5.74, 6) is -0.824. The highest BCUT2D eigenvalue weighted by Gasteiger charge is 2.53. The van der Waals surface area contributed by atoms with Gasteiger partial charge in [-0.15, -0.1) is 8.78 Å². The zero-order valence-corrected chi connectivity index (χ0v) is 25.5. The van der Waals surface area contributed by atoms with Gasteiger partial charge in [0.25, 0.3) is 5.91 Å². The van der Waals surface area contributed by atoms with E-state index in [9.17, 15) is 23.2 Å². The van der Waals surface area contributed by atoms with Gasteiger partial charge in [-0.2, -0.15) is 0 Å². The van der Waals surface area contributed by atoms with Crippen molar-refractivity contribution in [3.63, 3.8) is 0 Å². The Morgan fingerprint density at radius 2 is 1.73 bits per heavy atom. The van der Waals surface area contributed by atoms with Crippen LogP contribution in [0.1, 0.15) is 61.5 Å². The van der Waals surface area contributed by atoms with Gasteiger partial charge in [-0.3, -0.25) is 14.4 Å². The van der Waals surface area contributed by atoms with Crippen LogP contribution in [-0.4, -0.2) is 54.4 Å². The number of aryl methyl sites for hydroxylation is 1. The molecule has 0 atom stereocenters. The van der Waals surface area contributed by atoms with E-state index in [0.717, 1.165) is 5.56 Å².